The van der Waals surface area contributed by atoms with E-state index >= 15 is 0 Å². The van der Waals surface area contributed by atoms with Gasteiger partial charge in [-0.25, -0.2) is 0 Å². The van der Waals surface area contributed by atoms with Crippen LogP contribution in [0.3, 0.4) is 0 Å². The van der Waals surface area contributed by atoms with E-state index in [1.165, 1.54) is 0 Å². The van der Waals surface area contributed by atoms with Gasteiger partial charge in [-0.15, -0.1) is 0 Å². The second-order valence-electron chi connectivity index (χ2n) is 4.57. The van der Waals surface area contributed by atoms with Gasteiger partial charge in [0.25, 0.3) is 0 Å². The molecule has 3 nitrogen and oxygen atoms in total. The third-order valence-electron chi connectivity index (χ3n) is 2.87. The second-order valence-corrected chi connectivity index (χ2v) is 5.49. The molecule has 0 saturated carbocycles. The molecule has 0 aliphatic heterocycles. The number of halogens is 1. The van der Waals surface area contributed by atoms with Crippen molar-refractivity contribution in [2.45, 2.75) is 38.8 Å². The first-order valence-electron chi connectivity index (χ1n) is 6.29. The van der Waals surface area contributed by atoms with Crippen LogP contribution in [0.2, 0.25) is 0 Å². The minimum atomic E-state index is -0.373. The van der Waals surface area contributed by atoms with Gasteiger partial charge >= 0.3 is 0 Å². The predicted molar refractivity (Wildman–Crippen MR) is 78.1 cm³/mol. The van der Waals surface area contributed by atoms with Crippen LogP contribution in [0.1, 0.15) is 31.7 Å². The van der Waals surface area contributed by atoms with Crippen molar-refractivity contribution in [3.63, 3.8) is 0 Å². The number of likely N-dealkylation sites (N-methyl/N-ethyl adjacent to an activating group) is 1. The second kappa shape index (κ2) is 7.54. The van der Waals surface area contributed by atoms with Crippen LogP contribution in [0.4, 0.5) is 0 Å². The number of carbonyl (C=O) groups is 1. The third-order valence-corrected chi connectivity index (χ3v) is 3.36. The van der Waals surface area contributed by atoms with E-state index in [4.69, 9.17) is 5.73 Å². The Morgan fingerprint density at radius 2 is 2.22 bits per heavy atom. The summed E-state index contributed by atoms with van der Waals surface area (Å²) in [6, 6.07) is 7.59. The molecule has 4 heteroatoms. The summed E-state index contributed by atoms with van der Waals surface area (Å²) in [7, 11) is 1.80. The highest BCUT2D eigenvalue weighted by molar-refractivity contribution is 9.10. The van der Waals surface area contributed by atoms with Crippen LogP contribution in [-0.4, -0.2) is 23.9 Å². The normalized spacial score (nSPS) is 12.2. The Morgan fingerprint density at radius 3 is 2.83 bits per heavy atom. The summed E-state index contributed by atoms with van der Waals surface area (Å²) < 4.78 is 1.02. The van der Waals surface area contributed by atoms with Crippen molar-refractivity contribution in [1.29, 1.82) is 0 Å². The first-order chi connectivity index (χ1) is 8.54. The molecule has 1 unspecified atom stereocenters. The van der Waals surface area contributed by atoms with Crippen LogP contribution in [0.25, 0.3) is 0 Å². The molecule has 1 amide bonds. The molecular formula is C14H21BrN2O. The molecule has 0 spiro atoms. The van der Waals surface area contributed by atoms with E-state index in [-0.39, 0.29) is 11.9 Å². The highest BCUT2D eigenvalue weighted by Gasteiger charge is 2.17. The fraction of sp³-hybridized carbons (Fsp3) is 0.500. The first kappa shape index (κ1) is 15.2. The minimum absolute atomic E-state index is 0.0171. The Bertz CT molecular complexity index is 395. The van der Waals surface area contributed by atoms with Crippen LogP contribution in [0.15, 0.2) is 28.7 Å². The SMILES string of the molecule is CCCCC(N)C(=O)N(C)Cc1cccc(Br)c1. The van der Waals surface area contributed by atoms with Gasteiger partial charge < -0.3 is 10.6 Å². The summed E-state index contributed by atoms with van der Waals surface area (Å²) in [5, 5.41) is 0. The quantitative estimate of drug-likeness (QED) is 0.878. The molecule has 1 aromatic carbocycles. The molecule has 1 atom stereocenters. The van der Waals surface area contributed by atoms with E-state index in [0.717, 1.165) is 29.3 Å². The average Bonchev–Trinajstić information content (AvgIpc) is 2.35. The highest BCUT2D eigenvalue weighted by Crippen LogP contribution is 2.13. The number of rotatable bonds is 6. The number of benzene rings is 1. The molecule has 0 aliphatic carbocycles. The van der Waals surface area contributed by atoms with Crippen LogP contribution >= 0.6 is 15.9 Å². The smallest absolute Gasteiger partial charge is 0.239 e. The molecule has 0 bridgehead atoms. The van der Waals surface area contributed by atoms with Gasteiger partial charge in [0.2, 0.25) is 5.91 Å². The predicted octanol–water partition coefficient (Wildman–Crippen LogP) is 2.93. The van der Waals surface area contributed by atoms with Crippen molar-refractivity contribution >= 4 is 21.8 Å². The largest absolute Gasteiger partial charge is 0.340 e. The molecule has 0 radical (unpaired) electrons. The van der Waals surface area contributed by atoms with E-state index in [0.29, 0.717) is 6.54 Å². The molecule has 0 aromatic heterocycles. The Hall–Kier alpha value is -0.870. The molecule has 1 rings (SSSR count). The zero-order chi connectivity index (χ0) is 13.5. The van der Waals surface area contributed by atoms with Crippen LogP contribution in [0, 0.1) is 0 Å². The van der Waals surface area contributed by atoms with Crippen molar-refractivity contribution in [3.8, 4) is 0 Å². The summed E-state index contributed by atoms with van der Waals surface area (Å²) in [5.74, 6) is 0.0171. The standard InChI is InChI=1S/C14H21BrN2O/c1-3-4-8-13(16)14(18)17(2)10-11-6-5-7-12(15)9-11/h5-7,9,13H,3-4,8,10,16H2,1-2H3. The number of nitrogens with zero attached hydrogens (tertiary/aromatic N) is 1. The summed E-state index contributed by atoms with van der Waals surface area (Å²) >= 11 is 3.42. The summed E-state index contributed by atoms with van der Waals surface area (Å²) in [4.78, 5) is 13.7. The summed E-state index contributed by atoms with van der Waals surface area (Å²) in [6.07, 6.45) is 2.83. The van der Waals surface area contributed by atoms with Gasteiger partial charge in [-0.05, 0) is 24.1 Å². The van der Waals surface area contributed by atoms with Gasteiger partial charge in [-0.3, -0.25) is 4.79 Å². The number of unbranched alkanes of at least 4 members (excludes halogenated alkanes) is 1. The minimum Gasteiger partial charge on any atom is -0.340 e. The van der Waals surface area contributed by atoms with Gasteiger partial charge in [0.05, 0.1) is 6.04 Å². The van der Waals surface area contributed by atoms with E-state index in [9.17, 15) is 4.79 Å². The Balaban J connectivity index is 2.54. The average molecular weight is 313 g/mol. The van der Waals surface area contributed by atoms with E-state index in [2.05, 4.69) is 22.9 Å². The molecule has 0 fully saturated rings. The monoisotopic (exact) mass is 312 g/mol. The zero-order valence-electron chi connectivity index (χ0n) is 11.0. The number of carbonyl (C=O) groups excluding carboxylic acids is 1. The van der Waals surface area contributed by atoms with Crippen molar-refractivity contribution < 1.29 is 4.79 Å². The molecule has 18 heavy (non-hydrogen) atoms. The van der Waals surface area contributed by atoms with Gasteiger partial charge in [0.1, 0.15) is 0 Å². The van der Waals surface area contributed by atoms with E-state index < -0.39 is 0 Å². The third kappa shape index (κ3) is 4.78. The number of hydrogen-bond acceptors (Lipinski definition) is 2. The topological polar surface area (TPSA) is 46.3 Å². The lowest BCUT2D eigenvalue weighted by Crippen LogP contribution is -2.41. The fourth-order valence-electron chi connectivity index (χ4n) is 1.82. The van der Waals surface area contributed by atoms with Gasteiger partial charge in [0.15, 0.2) is 0 Å². The van der Waals surface area contributed by atoms with Crippen molar-refractivity contribution in [2.24, 2.45) is 5.73 Å². The number of nitrogens with two attached hydrogens (primary N) is 1. The molecule has 1 aromatic rings. The maximum absolute atomic E-state index is 12.0. The molecule has 0 saturated heterocycles. The molecule has 0 aliphatic rings. The maximum Gasteiger partial charge on any atom is 0.239 e. The van der Waals surface area contributed by atoms with Crippen molar-refractivity contribution in [1.82, 2.24) is 4.90 Å². The van der Waals surface area contributed by atoms with Crippen molar-refractivity contribution in [3.05, 3.63) is 34.3 Å². The molecular weight excluding hydrogens is 292 g/mol. The lowest BCUT2D eigenvalue weighted by Gasteiger charge is -2.21. The molecule has 0 heterocycles. The van der Waals surface area contributed by atoms with E-state index in [1.54, 1.807) is 11.9 Å². The number of amides is 1. The van der Waals surface area contributed by atoms with E-state index in [1.807, 2.05) is 24.3 Å². The van der Waals surface area contributed by atoms with Crippen LogP contribution in [-0.2, 0) is 11.3 Å². The van der Waals surface area contributed by atoms with Crippen LogP contribution < -0.4 is 5.73 Å². The first-order valence-corrected chi connectivity index (χ1v) is 7.09. The van der Waals surface area contributed by atoms with Crippen molar-refractivity contribution in [2.75, 3.05) is 7.05 Å². The van der Waals surface area contributed by atoms with Gasteiger partial charge in [-0.2, -0.15) is 0 Å². The zero-order valence-corrected chi connectivity index (χ0v) is 12.6. The van der Waals surface area contributed by atoms with Gasteiger partial charge in [-0.1, -0.05) is 47.8 Å². The maximum atomic E-state index is 12.0. The fourth-order valence-corrected chi connectivity index (χ4v) is 2.26. The Morgan fingerprint density at radius 1 is 1.50 bits per heavy atom. The van der Waals surface area contributed by atoms with Crippen LogP contribution in [0.5, 0.6) is 0 Å². The summed E-state index contributed by atoms with van der Waals surface area (Å²) in [5.41, 5.74) is 6.99. The Kier molecular flexibility index (Phi) is 6.36. The molecule has 100 valence electrons. The molecule has 2 N–H and O–H groups in total. The Labute approximate surface area is 117 Å². The summed E-state index contributed by atoms with van der Waals surface area (Å²) in [6.45, 7) is 2.69. The number of hydrogen-bond donors (Lipinski definition) is 1. The van der Waals surface area contributed by atoms with Gasteiger partial charge in [0, 0.05) is 18.1 Å². The highest BCUT2D eigenvalue weighted by atomic mass is 79.9. The lowest BCUT2D eigenvalue weighted by atomic mass is 10.1. The lowest BCUT2D eigenvalue weighted by molar-refractivity contribution is -0.132.